The molecule has 1 aromatic rings. The van der Waals surface area contributed by atoms with E-state index in [4.69, 9.17) is 9.47 Å². The van der Waals surface area contributed by atoms with Gasteiger partial charge in [-0.25, -0.2) is 0 Å². The minimum Gasteiger partial charge on any atom is -0.486 e. The molecule has 2 amide bonds. The third-order valence-corrected chi connectivity index (χ3v) is 4.51. The molecular weight excluding hydrogens is 352 g/mol. The lowest BCUT2D eigenvalue weighted by Crippen LogP contribution is -2.42. The third kappa shape index (κ3) is 2.90. The van der Waals surface area contributed by atoms with Crippen LogP contribution in [0.1, 0.15) is 19.8 Å². The van der Waals surface area contributed by atoms with Crippen molar-refractivity contribution in [1.82, 2.24) is 4.90 Å². The van der Waals surface area contributed by atoms with Gasteiger partial charge >= 0.3 is 0 Å². The van der Waals surface area contributed by atoms with Gasteiger partial charge in [-0.2, -0.15) is 0 Å². The Bertz CT molecular complexity index is 620. The molecule has 1 aromatic carbocycles. The molecule has 118 valence electrons. The van der Waals surface area contributed by atoms with Crippen molar-refractivity contribution in [1.29, 1.82) is 0 Å². The van der Waals surface area contributed by atoms with Gasteiger partial charge in [-0.1, -0.05) is 0 Å². The standard InChI is InChI=1S/C15H17BrN2O4/c1-9(19)18-4-2-3-12(18)15(20)17-11-8-14-13(7-10(11)16)21-5-6-22-14/h7-8,12H,2-6H2,1H3,(H,17,20)/t12-/m0/s1. The van der Waals surface area contributed by atoms with Gasteiger partial charge in [0, 0.05) is 30.1 Å². The Labute approximate surface area is 136 Å². The van der Waals surface area contributed by atoms with Crippen LogP contribution in [0.5, 0.6) is 11.5 Å². The average molecular weight is 369 g/mol. The Balaban J connectivity index is 1.78. The molecule has 3 rings (SSSR count). The monoisotopic (exact) mass is 368 g/mol. The van der Waals surface area contributed by atoms with Crippen molar-refractivity contribution in [2.75, 3.05) is 25.1 Å². The highest BCUT2D eigenvalue weighted by Gasteiger charge is 2.32. The number of rotatable bonds is 2. The number of hydrogen-bond acceptors (Lipinski definition) is 4. The Morgan fingerprint density at radius 3 is 2.64 bits per heavy atom. The van der Waals surface area contributed by atoms with Gasteiger partial charge in [0.05, 0.1) is 5.69 Å². The number of ether oxygens (including phenoxy) is 2. The maximum atomic E-state index is 12.5. The van der Waals surface area contributed by atoms with Crippen molar-refractivity contribution in [3.8, 4) is 11.5 Å². The molecule has 0 radical (unpaired) electrons. The van der Waals surface area contributed by atoms with Crippen molar-refractivity contribution in [3.05, 3.63) is 16.6 Å². The molecular formula is C15H17BrN2O4. The molecule has 0 unspecified atom stereocenters. The molecule has 1 fully saturated rings. The number of likely N-dealkylation sites (tertiary alicyclic amines) is 1. The van der Waals surface area contributed by atoms with Gasteiger partial charge in [-0.05, 0) is 28.8 Å². The minimum atomic E-state index is -0.405. The van der Waals surface area contributed by atoms with E-state index in [2.05, 4.69) is 21.2 Å². The number of fused-ring (bicyclic) bond motifs is 1. The highest BCUT2D eigenvalue weighted by Crippen LogP contribution is 2.38. The zero-order valence-corrected chi connectivity index (χ0v) is 13.8. The van der Waals surface area contributed by atoms with Crippen LogP contribution in [0, 0.1) is 0 Å². The van der Waals surface area contributed by atoms with Crippen LogP contribution in [0.2, 0.25) is 0 Å². The van der Waals surface area contributed by atoms with E-state index >= 15 is 0 Å². The summed E-state index contributed by atoms with van der Waals surface area (Å²) < 4.78 is 11.7. The molecule has 2 heterocycles. The fourth-order valence-electron chi connectivity index (χ4n) is 2.79. The van der Waals surface area contributed by atoms with Gasteiger partial charge in [0.15, 0.2) is 11.5 Å². The molecule has 0 aromatic heterocycles. The topological polar surface area (TPSA) is 67.9 Å². The second-order valence-corrected chi connectivity index (χ2v) is 6.19. The average Bonchev–Trinajstić information content (AvgIpc) is 2.97. The minimum absolute atomic E-state index is 0.0705. The van der Waals surface area contributed by atoms with E-state index in [1.54, 1.807) is 17.0 Å². The molecule has 0 saturated carbocycles. The number of halogens is 1. The summed E-state index contributed by atoms with van der Waals surface area (Å²) in [6.45, 7) is 3.13. The van der Waals surface area contributed by atoms with Gasteiger partial charge < -0.3 is 19.7 Å². The van der Waals surface area contributed by atoms with Crippen molar-refractivity contribution in [3.63, 3.8) is 0 Å². The summed E-state index contributed by atoms with van der Waals surface area (Å²) in [5.41, 5.74) is 0.615. The first-order valence-electron chi connectivity index (χ1n) is 7.23. The predicted octanol–water partition coefficient (Wildman–Crippen LogP) is 2.17. The van der Waals surface area contributed by atoms with Crippen LogP contribution in [0.3, 0.4) is 0 Å². The lowest BCUT2D eigenvalue weighted by Gasteiger charge is -2.24. The molecule has 0 bridgehead atoms. The second kappa shape index (κ2) is 6.16. The first kappa shape index (κ1) is 15.1. The smallest absolute Gasteiger partial charge is 0.247 e. The van der Waals surface area contributed by atoms with Gasteiger partial charge in [0.1, 0.15) is 19.3 Å². The van der Waals surface area contributed by atoms with E-state index in [0.29, 0.717) is 43.4 Å². The van der Waals surface area contributed by atoms with Crippen molar-refractivity contribution < 1.29 is 19.1 Å². The van der Waals surface area contributed by atoms with E-state index in [9.17, 15) is 9.59 Å². The normalized spacial score (nSPS) is 19.9. The van der Waals surface area contributed by atoms with Crippen LogP contribution >= 0.6 is 15.9 Å². The summed E-state index contributed by atoms with van der Waals surface area (Å²) in [4.78, 5) is 25.6. The van der Waals surface area contributed by atoms with E-state index < -0.39 is 6.04 Å². The highest BCUT2D eigenvalue weighted by molar-refractivity contribution is 9.10. The summed E-state index contributed by atoms with van der Waals surface area (Å²) in [6, 6.07) is 3.11. The molecule has 7 heteroatoms. The third-order valence-electron chi connectivity index (χ3n) is 3.85. The fourth-order valence-corrected chi connectivity index (χ4v) is 3.21. The van der Waals surface area contributed by atoms with Gasteiger partial charge in [-0.15, -0.1) is 0 Å². The van der Waals surface area contributed by atoms with Crippen LogP contribution in [0.25, 0.3) is 0 Å². The highest BCUT2D eigenvalue weighted by atomic mass is 79.9. The lowest BCUT2D eigenvalue weighted by atomic mass is 10.2. The number of amides is 2. The van der Waals surface area contributed by atoms with Crippen LogP contribution < -0.4 is 14.8 Å². The summed E-state index contributed by atoms with van der Waals surface area (Å²) in [7, 11) is 0. The van der Waals surface area contributed by atoms with Crippen molar-refractivity contribution >= 4 is 33.4 Å². The Hall–Kier alpha value is -1.76. The first-order valence-corrected chi connectivity index (χ1v) is 8.03. The number of anilines is 1. The number of benzene rings is 1. The molecule has 2 aliphatic rings. The SMILES string of the molecule is CC(=O)N1CCC[C@H]1C(=O)Nc1cc2c(cc1Br)OCCO2. The van der Waals surface area contributed by atoms with E-state index in [0.717, 1.165) is 10.9 Å². The first-order chi connectivity index (χ1) is 10.6. The Morgan fingerprint density at radius 2 is 1.95 bits per heavy atom. The molecule has 1 saturated heterocycles. The molecule has 22 heavy (non-hydrogen) atoms. The van der Waals surface area contributed by atoms with E-state index in [1.807, 2.05) is 0 Å². The summed E-state index contributed by atoms with van der Waals surface area (Å²) >= 11 is 3.43. The summed E-state index contributed by atoms with van der Waals surface area (Å²) in [5.74, 6) is 1.02. The predicted molar refractivity (Wildman–Crippen MR) is 84.2 cm³/mol. The van der Waals surface area contributed by atoms with Crippen LogP contribution in [0.15, 0.2) is 16.6 Å². The maximum absolute atomic E-state index is 12.5. The van der Waals surface area contributed by atoms with E-state index in [-0.39, 0.29) is 11.8 Å². The quantitative estimate of drug-likeness (QED) is 0.868. The maximum Gasteiger partial charge on any atom is 0.247 e. The number of hydrogen-bond donors (Lipinski definition) is 1. The number of carbonyl (C=O) groups excluding carboxylic acids is 2. The van der Waals surface area contributed by atoms with Gasteiger partial charge in [0.2, 0.25) is 11.8 Å². The number of nitrogens with zero attached hydrogens (tertiary/aromatic N) is 1. The largest absolute Gasteiger partial charge is 0.486 e. The van der Waals surface area contributed by atoms with Gasteiger partial charge in [0.25, 0.3) is 0 Å². The second-order valence-electron chi connectivity index (χ2n) is 5.34. The van der Waals surface area contributed by atoms with E-state index in [1.165, 1.54) is 6.92 Å². The molecule has 2 aliphatic heterocycles. The Kier molecular flexibility index (Phi) is 4.24. The summed E-state index contributed by atoms with van der Waals surface area (Å²) in [6.07, 6.45) is 1.54. The molecule has 1 atom stereocenters. The van der Waals surface area contributed by atoms with Crippen LogP contribution in [0.4, 0.5) is 5.69 Å². The number of nitrogens with one attached hydrogen (secondary N) is 1. The van der Waals surface area contributed by atoms with Crippen LogP contribution in [-0.2, 0) is 9.59 Å². The Morgan fingerprint density at radius 1 is 1.27 bits per heavy atom. The molecule has 1 N–H and O–H groups in total. The van der Waals surface area contributed by atoms with Crippen molar-refractivity contribution in [2.45, 2.75) is 25.8 Å². The number of carbonyl (C=O) groups is 2. The van der Waals surface area contributed by atoms with Gasteiger partial charge in [-0.3, -0.25) is 9.59 Å². The molecule has 0 aliphatic carbocycles. The zero-order valence-electron chi connectivity index (χ0n) is 12.2. The van der Waals surface area contributed by atoms with Crippen molar-refractivity contribution in [2.24, 2.45) is 0 Å². The lowest BCUT2D eigenvalue weighted by molar-refractivity contribution is -0.134. The molecule has 6 nitrogen and oxygen atoms in total. The molecule has 0 spiro atoms. The zero-order chi connectivity index (χ0) is 15.7. The fraction of sp³-hybridized carbons (Fsp3) is 0.467. The summed E-state index contributed by atoms with van der Waals surface area (Å²) in [5, 5.41) is 2.87. The van der Waals surface area contributed by atoms with Crippen LogP contribution in [-0.4, -0.2) is 42.5 Å².